The van der Waals surface area contributed by atoms with Crippen LogP contribution in [0.15, 0.2) is 53.9 Å². The van der Waals surface area contributed by atoms with Crippen LogP contribution in [-0.4, -0.2) is 47.1 Å². The first kappa shape index (κ1) is 22.2. The maximum Gasteiger partial charge on any atom is 0.265 e. The number of carbonyl (C=O) groups excluding carboxylic acids is 1. The van der Waals surface area contributed by atoms with E-state index in [-0.39, 0.29) is 5.91 Å². The smallest absolute Gasteiger partial charge is 0.265 e. The van der Waals surface area contributed by atoms with E-state index >= 15 is 0 Å². The highest BCUT2D eigenvalue weighted by Crippen LogP contribution is 2.37. The zero-order valence-electron chi connectivity index (χ0n) is 19.4. The first-order chi connectivity index (χ1) is 17.2. The van der Waals surface area contributed by atoms with E-state index in [2.05, 4.69) is 10.4 Å². The number of aromatic nitrogens is 2. The molecule has 2 aromatic heterocycles. The van der Waals surface area contributed by atoms with E-state index in [0.717, 1.165) is 74.8 Å². The fourth-order valence-corrected chi connectivity index (χ4v) is 6.62. The normalized spacial score (nSPS) is 15.9. The lowest BCUT2D eigenvalue weighted by Gasteiger charge is -2.30. The number of fused-ring (bicyclic) bond motifs is 1. The number of aryl methyl sites for hydroxylation is 1. The lowest BCUT2D eigenvalue weighted by Crippen LogP contribution is -2.37. The van der Waals surface area contributed by atoms with Gasteiger partial charge in [0.2, 0.25) is 0 Å². The van der Waals surface area contributed by atoms with Gasteiger partial charge in [-0.3, -0.25) is 4.79 Å². The number of ether oxygens (including phenoxy) is 2. The number of carbonyl (C=O) groups is 1. The van der Waals surface area contributed by atoms with Gasteiger partial charge in [-0.15, -0.1) is 22.7 Å². The minimum Gasteiger partial charge on any atom is -0.486 e. The van der Waals surface area contributed by atoms with E-state index in [1.165, 1.54) is 11.3 Å². The van der Waals surface area contributed by atoms with Gasteiger partial charge < -0.3 is 14.4 Å². The molecule has 0 N–H and O–H groups in total. The second-order valence-electron chi connectivity index (χ2n) is 8.80. The number of hydrogen-bond acceptors (Lipinski definition) is 7. The van der Waals surface area contributed by atoms with Gasteiger partial charge in [0.15, 0.2) is 11.5 Å². The van der Waals surface area contributed by atoms with Crippen LogP contribution in [-0.2, 0) is 0 Å². The van der Waals surface area contributed by atoms with Gasteiger partial charge in [-0.1, -0.05) is 30.3 Å². The molecule has 1 amide bonds. The maximum atomic E-state index is 13.3. The van der Waals surface area contributed by atoms with E-state index in [1.807, 2.05) is 60.4 Å². The van der Waals surface area contributed by atoms with Crippen molar-refractivity contribution in [3.63, 3.8) is 0 Å². The molecule has 1 fully saturated rings. The molecule has 2 aromatic carbocycles. The van der Waals surface area contributed by atoms with Gasteiger partial charge in [-0.05, 0) is 38.0 Å². The maximum absolute atomic E-state index is 13.3. The molecule has 0 radical (unpaired) electrons. The first-order valence-corrected chi connectivity index (χ1v) is 13.5. The standard InChI is InChI=1S/C27H25N3O3S2/c1-17-24(35-26(28-17)18-5-3-2-4-6-18)27(31)30-11-9-19(10-12-30)25-29-21(16-34-25)20-7-8-22-23(15-20)33-14-13-32-22/h2-8,15-16,19H,9-14H2,1H3. The molecule has 0 atom stereocenters. The summed E-state index contributed by atoms with van der Waals surface area (Å²) in [6.07, 6.45) is 1.84. The molecule has 0 spiro atoms. The molecule has 35 heavy (non-hydrogen) atoms. The molecule has 178 valence electrons. The van der Waals surface area contributed by atoms with Crippen LogP contribution in [0.1, 0.15) is 39.1 Å². The van der Waals surface area contributed by atoms with Crippen molar-refractivity contribution in [2.75, 3.05) is 26.3 Å². The van der Waals surface area contributed by atoms with Gasteiger partial charge in [0, 0.05) is 35.5 Å². The number of benzene rings is 2. The second kappa shape index (κ2) is 9.43. The quantitative estimate of drug-likeness (QED) is 0.340. The van der Waals surface area contributed by atoms with Crippen molar-refractivity contribution in [2.24, 2.45) is 0 Å². The Bertz CT molecular complexity index is 1360. The lowest BCUT2D eigenvalue weighted by molar-refractivity contribution is 0.0717. The third kappa shape index (κ3) is 4.44. The van der Waals surface area contributed by atoms with Crippen LogP contribution < -0.4 is 9.47 Å². The van der Waals surface area contributed by atoms with Crippen LogP contribution in [0.4, 0.5) is 0 Å². The van der Waals surface area contributed by atoms with Gasteiger partial charge in [0.05, 0.1) is 16.4 Å². The number of piperidine rings is 1. The van der Waals surface area contributed by atoms with Crippen molar-refractivity contribution >= 4 is 28.6 Å². The molecular weight excluding hydrogens is 478 g/mol. The molecule has 0 bridgehead atoms. The summed E-state index contributed by atoms with van der Waals surface area (Å²) in [7, 11) is 0. The molecule has 0 aliphatic carbocycles. The first-order valence-electron chi connectivity index (χ1n) is 11.8. The van der Waals surface area contributed by atoms with Crippen molar-refractivity contribution < 1.29 is 14.3 Å². The number of thiazole rings is 2. The highest BCUT2D eigenvalue weighted by Gasteiger charge is 2.28. The van der Waals surface area contributed by atoms with Crippen molar-refractivity contribution in [1.29, 1.82) is 0 Å². The molecule has 6 rings (SSSR count). The number of likely N-dealkylation sites (tertiary alicyclic amines) is 1. The topological polar surface area (TPSA) is 64.6 Å². The summed E-state index contributed by atoms with van der Waals surface area (Å²) >= 11 is 3.19. The SMILES string of the molecule is Cc1nc(-c2ccccc2)sc1C(=O)N1CCC(c2nc(-c3ccc4c(c3)OCCO4)cs2)CC1. The van der Waals surface area contributed by atoms with Crippen molar-refractivity contribution in [1.82, 2.24) is 14.9 Å². The largest absolute Gasteiger partial charge is 0.486 e. The zero-order valence-corrected chi connectivity index (χ0v) is 21.0. The predicted molar refractivity (Wildman–Crippen MR) is 139 cm³/mol. The Kier molecular flexibility index (Phi) is 6.00. The lowest BCUT2D eigenvalue weighted by atomic mass is 9.97. The molecule has 0 saturated carbocycles. The van der Waals surface area contributed by atoms with E-state index in [4.69, 9.17) is 14.5 Å². The number of nitrogens with zero attached hydrogens (tertiary/aromatic N) is 3. The number of rotatable bonds is 4. The Labute approximate surface area is 212 Å². The van der Waals surface area contributed by atoms with Crippen LogP contribution in [0.5, 0.6) is 11.5 Å². The monoisotopic (exact) mass is 503 g/mol. The second-order valence-corrected chi connectivity index (χ2v) is 10.7. The molecule has 6 nitrogen and oxygen atoms in total. The predicted octanol–water partition coefficient (Wildman–Crippen LogP) is 6.03. The molecule has 4 aromatic rings. The Morgan fingerprint density at radius 3 is 2.54 bits per heavy atom. The van der Waals surface area contributed by atoms with E-state index in [1.54, 1.807) is 11.3 Å². The Balaban J connectivity index is 1.12. The molecule has 8 heteroatoms. The Hall–Kier alpha value is -3.23. The fraction of sp³-hybridized carbons (Fsp3) is 0.296. The molecule has 1 saturated heterocycles. The molecular formula is C27H25N3O3S2. The summed E-state index contributed by atoms with van der Waals surface area (Å²) in [6, 6.07) is 16.0. The number of hydrogen-bond donors (Lipinski definition) is 0. The van der Waals surface area contributed by atoms with Gasteiger partial charge in [0.1, 0.15) is 23.1 Å². The highest BCUT2D eigenvalue weighted by atomic mass is 32.1. The summed E-state index contributed by atoms with van der Waals surface area (Å²) in [5.74, 6) is 2.04. The summed E-state index contributed by atoms with van der Waals surface area (Å²) in [4.78, 5) is 25.6. The number of amides is 1. The van der Waals surface area contributed by atoms with Crippen LogP contribution in [0.2, 0.25) is 0 Å². The Morgan fingerprint density at radius 1 is 0.971 bits per heavy atom. The molecule has 2 aliphatic rings. The highest BCUT2D eigenvalue weighted by molar-refractivity contribution is 7.17. The Morgan fingerprint density at radius 2 is 1.74 bits per heavy atom. The summed E-state index contributed by atoms with van der Waals surface area (Å²) < 4.78 is 11.4. The molecule has 0 unspecified atom stereocenters. The summed E-state index contributed by atoms with van der Waals surface area (Å²) in [5, 5.41) is 4.16. The van der Waals surface area contributed by atoms with Crippen LogP contribution >= 0.6 is 22.7 Å². The fourth-order valence-electron chi connectivity index (χ4n) is 4.58. The third-order valence-corrected chi connectivity index (χ3v) is 8.70. The van der Waals surface area contributed by atoms with Crippen LogP contribution in [0.3, 0.4) is 0 Å². The van der Waals surface area contributed by atoms with Crippen LogP contribution in [0, 0.1) is 6.92 Å². The van der Waals surface area contributed by atoms with Crippen molar-refractivity contribution in [2.45, 2.75) is 25.7 Å². The van der Waals surface area contributed by atoms with Crippen molar-refractivity contribution in [3.05, 3.63) is 69.5 Å². The molecule has 2 aliphatic heterocycles. The van der Waals surface area contributed by atoms with Crippen LogP contribution in [0.25, 0.3) is 21.8 Å². The van der Waals surface area contributed by atoms with E-state index < -0.39 is 0 Å². The van der Waals surface area contributed by atoms with E-state index in [9.17, 15) is 4.79 Å². The van der Waals surface area contributed by atoms with Crippen molar-refractivity contribution in [3.8, 4) is 33.3 Å². The van der Waals surface area contributed by atoms with Gasteiger partial charge in [0.25, 0.3) is 5.91 Å². The third-order valence-electron chi connectivity index (χ3n) is 6.50. The average molecular weight is 504 g/mol. The zero-order chi connectivity index (χ0) is 23.8. The van der Waals surface area contributed by atoms with Gasteiger partial charge in [-0.25, -0.2) is 9.97 Å². The minimum atomic E-state index is 0.0942. The summed E-state index contributed by atoms with van der Waals surface area (Å²) in [6.45, 7) is 4.56. The minimum absolute atomic E-state index is 0.0942. The molecule has 4 heterocycles. The summed E-state index contributed by atoms with van der Waals surface area (Å²) in [5.41, 5.74) is 3.87. The average Bonchev–Trinajstić information content (AvgIpc) is 3.56. The van der Waals surface area contributed by atoms with E-state index in [0.29, 0.717) is 19.1 Å². The van der Waals surface area contributed by atoms with Gasteiger partial charge >= 0.3 is 0 Å². The van der Waals surface area contributed by atoms with Gasteiger partial charge in [-0.2, -0.15) is 0 Å².